The third kappa shape index (κ3) is 3.34. The number of nitrogens with zero attached hydrogens (tertiary/aromatic N) is 1. The zero-order valence-electron chi connectivity index (χ0n) is 12.9. The topological polar surface area (TPSA) is 120 Å². The second-order valence-electron chi connectivity index (χ2n) is 5.17. The molecule has 1 aromatic carbocycles. The molecule has 0 saturated carbocycles. The van der Waals surface area contributed by atoms with Gasteiger partial charge in [0, 0.05) is 12.1 Å². The SMILES string of the molecule is Cc1cc(NC(=O)[C@@H](C)NS(=O)(=O)c2ccc3c(c2)OCO3)no1. The van der Waals surface area contributed by atoms with E-state index in [0.717, 1.165) is 0 Å². The standard InChI is InChI=1S/C14H15N3O6S/c1-8-5-13(16-23-8)15-14(18)9(2)17-24(19,20)10-3-4-11-12(6-10)22-7-21-11/h3-6,9,17H,7H2,1-2H3,(H,15,16,18)/t9-/m1/s1. The van der Waals surface area contributed by atoms with Gasteiger partial charge >= 0.3 is 0 Å². The van der Waals surface area contributed by atoms with Crippen molar-refractivity contribution < 1.29 is 27.2 Å². The van der Waals surface area contributed by atoms with Gasteiger partial charge in [-0.1, -0.05) is 5.16 Å². The molecule has 1 amide bonds. The summed E-state index contributed by atoms with van der Waals surface area (Å²) in [6, 6.07) is 4.73. The molecule has 0 bridgehead atoms. The van der Waals surface area contributed by atoms with Crippen LogP contribution in [0.1, 0.15) is 12.7 Å². The van der Waals surface area contributed by atoms with Crippen LogP contribution in [0.5, 0.6) is 11.5 Å². The van der Waals surface area contributed by atoms with Crippen LogP contribution in [-0.2, 0) is 14.8 Å². The Labute approximate surface area is 138 Å². The highest BCUT2D eigenvalue weighted by Gasteiger charge is 2.25. The average molecular weight is 353 g/mol. The van der Waals surface area contributed by atoms with Gasteiger partial charge in [0.15, 0.2) is 17.3 Å². The van der Waals surface area contributed by atoms with E-state index in [9.17, 15) is 13.2 Å². The number of ether oxygens (including phenoxy) is 2. The molecule has 3 rings (SSSR count). The van der Waals surface area contributed by atoms with Crippen molar-refractivity contribution in [2.24, 2.45) is 0 Å². The molecule has 2 aromatic rings. The van der Waals surface area contributed by atoms with Crippen LogP contribution < -0.4 is 19.5 Å². The van der Waals surface area contributed by atoms with Gasteiger partial charge in [0.05, 0.1) is 10.9 Å². The summed E-state index contributed by atoms with van der Waals surface area (Å²) in [4.78, 5) is 12.0. The fraction of sp³-hybridized carbons (Fsp3) is 0.286. The van der Waals surface area contributed by atoms with Gasteiger partial charge in [-0.15, -0.1) is 0 Å². The summed E-state index contributed by atoms with van der Waals surface area (Å²) in [5.41, 5.74) is 0. The molecule has 0 fully saturated rings. The van der Waals surface area contributed by atoms with Gasteiger partial charge in [-0.25, -0.2) is 8.42 Å². The van der Waals surface area contributed by atoms with Crippen LogP contribution in [0.25, 0.3) is 0 Å². The van der Waals surface area contributed by atoms with E-state index in [0.29, 0.717) is 17.3 Å². The Morgan fingerprint density at radius 3 is 2.71 bits per heavy atom. The number of aryl methyl sites for hydroxylation is 1. The summed E-state index contributed by atoms with van der Waals surface area (Å²) < 4.78 is 42.2. The number of carbonyl (C=O) groups excluding carboxylic acids is 1. The summed E-state index contributed by atoms with van der Waals surface area (Å²) in [6.45, 7) is 3.14. The molecule has 10 heteroatoms. The molecular weight excluding hydrogens is 338 g/mol. The molecule has 0 aliphatic carbocycles. The number of carbonyl (C=O) groups is 1. The maximum atomic E-state index is 12.4. The Bertz CT molecular complexity index is 876. The first-order valence-corrected chi connectivity index (χ1v) is 8.49. The molecule has 2 N–H and O–H groups in total. The number of sulfonamides is 1. The van der Waals surface area contributed by atoms with Crippen LogP contribution in [-0.4, -0.2) is 32.3 Å². The Kier molecular flexibility index (Phi) is 4.16. The summed E-state index contributed by atoms with van der Waals surface area (Å²) in [5, 5.41) is 6.08. The van der Waals surface area contributed by atoms with Gasteiger partial charge in [0.1, 0.15) is 5.76 Å². The van der Waals surface area contributed by atoms with Gasteiger partial charge in [0.2, 0.25) is 22.7 Å². The molecule has 1 aromatic heterocycles. The first-order chi connectivity index (χ1) is 11.3. The lowest BCUT2D eigenvalue weighted by atomic mass is 10.3. The summed E-state index contributed by atoms with van der Waals surface area (Å²) in [6.07, 6.45) is 0. The van der Waals surface area contributed by atoms with Crippen molar-refractivity contribution in [3.05, 3.63) is 30.0 Å². The van der Waals surface area contributed by atoms with Crippen LogP contribution in [0.4, 0.5) is 5.82 Å². The van der Waals surface area contributed by atoms with Crippen LogP contribution in [0.3, 0.4) is 0 Å². The highest BCUT2D eigenvalue weighted by Crippen LogP contribution is 2.33. The monoisotopic (exact) mass is 353 g/mol. The lowest BCUT2D eigenvalue weighted by Crippen LogP contribution is -2.41. The van der Waals surface area contributed by atoms with Crippen molar-refractivity contribution in [2.45, 2.75) is 24.8 Å². The lowest BCUT2D eigenvalue weighted by Gasteiger charge is -2.13. The largest absolute Gasteiger partial charge is 0.454 e. The minimum atomic E-state index is -3.90. The van der Waals surface area contributed by atoms with Gasteiger partial charge < -0.3 is 19.3 Å². The van der Waals surface area contributed by atoms with Crippen molar-refractivity contribution in [1.82, 2.24) is 9.88 Å². The predicted molar refractivity (Wildman–Crippen MR) is 82.2 cm³/mol. The normalized spacial score (nSPS) is 14.4. The summed E-state index contributed by atoms with van der Waals surface area (Å²) in [7, 11) is -3.90. The van der Waals surface area contributed by atoms with Crippen LogP contribution in [0.2, 0.25) is 0 Å². The average Bonchev–Trinajstić information content (AvgIpc) is 3.14. The molecule has 0 spiro atoms. The van der Waals surface area contributed by atoms with Crippen LogP contribution in [0, 0.1) is 6.92 Å². The molecule has 1 aliphatic rings. The number of rotatable bonds is 5. The van der Waals surface area contributed by atoms with E-state index in [1.165, 1.54) is 31.2 Å². The number of amides is 1. The number of aromatic nitrogens is 1. The Morgan fingerprint density at radius 1 is 1.25 bits per heavy atom. The van der Waals surface area contributed by atoms with E-state index in [-0.39, 0.29) is 17.5 Å². The third-order valence-electron chi connectivity index (χ3n) is 3.26. The number of benzene rings is 1. The second kappa shape index (κ2) is 6.13. The Balaban J connectivity index is 1.70. The van der Waals surface area contributed by atoms with E-state index in [1.807, 2.05) is 0 Å². The molecule has 2 heterocycles. The van der Waals surface area contributed by atoms with Crippen LogP contribution in [0.15, 0.2) is 33.7 Å². The molecule has 0 unspecified atom stereocenters. The van der Waals surface area contributed by atoms with Crippen molar-refractivity contribution in [3.63, 3.8) is 0 Å². The molecule has 1 aliphatic heterocycles. The van der Waals surface area contributed by atoms with E-state index in [2.05, 4.69) is 15.2 Å². The summed E-state index contributed by atoms with van der Waals surface area (Å²) in [5.74, 6) is 0.993. The minimum Gasteiger partial charge on any atom is -0.454 e. The van der Waals surface area contributed by atoms with E-state index in [1.54, 1.807) is 6.92 Å². The molecular formula is C14H15N3O6S. The van der Waals surface area contributed by atoms with Gasteiger partial charge in [-0.05, 0) is 26.0 Å². The van der Waals surface area contributed by atoms with Gasteiger partial charge in [-0.2, -0.15) is 4.72 Å². The van der Waals surface area contributed by atoms with E-state index < -0.39 is 22.0 Å². The molecule has 24 heavy (non-hydrogen) atoms. The number of anilines is 1. The molecule has 0 saturated heterocycles. The molecule has 1 atom stereocenters. The second-order valence-corrected chi connectivity index (χ2v) is 6.88. The molecule has 9 nitrogen and oxygen atoms in total. The fourth-order valence-corrected chi connectivity index (χ4v) is 3.28. The van der Waals surface area contributed by atoms with Crippen molar-refractivity contribution in [3.8, 4) is 11.5 Å². The number of fused-ring (bicyclic) bond motifs is 1. The first-order valence-electron chi connectivity index (χ1n) is 7.01. The lowest BCUT2D eigenvalue weighted by molar-refractivity contribution is -0.117. The highest BCUT2D eigenvalue weighted by atomic mass is 32.2. The van der Waals surface area contributed by atoms with Crippen molar-refractivity contribution in [1.29, 1.82) is 0 Å². The highest BCUT2D eigenvalue weighted by molar-refractivity contribution is 7.89. The number of nitrogens with one attached hydrogen (secondary N) is 2. The molecule has 128 valence electrons. The summed E-state index contributed by atoms with van der Waals surface area (Å²) >= 11 is 0. The van der Waals surface area contributed by atoms with Crippen molar-refractivity contribution in [2.75, 3.05) is 12.1 Å². The minimum absolute atomic E-state index is 0.0244. The zero-order valence-corrected chi connectivity index (χ0v) is 13.7. The van der Waals surface area contributed by atoms with Crippen LogP contribution >= 0.6 is 0 Å². The zero-order chi connectivity index (χ0) is 17.3. The Hall–Kier alpha value is -2.59. The maximum absolute atomic E-state index is 12.4. The predicted octanol–water partition coefficient (Wildman–Crippen LogP) is 1.02. The number of hydrogen-bond acceptors (Lipinski definition) is 7. The smallest absolute Gasteiger partial charge is 0.243 e. The van der Waals surface area contributed by atoms with E-state index in [4.69, 9.17) is 14.0 Å². The maximum Gasteiger partial charge on any atom is 0.243 e. The third-order valence-corrected chi connectivity index (χ3v) is 4.80. The quantitative estimate of drug-likeness (QED) is 0.823. The van der Waals surface area contributed by atoms with Gasteiger partial charge in [-0.3, -0.25) is 4.79 Å². The van der Waals surface area contributed by atoms with E-state index >= 15 is 0 Å². The number of hydrogen-bond donors (Lipinski definition) is 2. The first kappa shape index (κ1) is 16.3. The Morgan fingerprint density at radius 2 is 2.00 bits per heavy atom. The fourth-order valence-electron chi connectivity index (χ4n) is 2.06. The van der Waals surface area contributed by atoms with Crippen molar-refractivity contribution >= 4 is 21.7 Å². The molecule has 0 radical (unpaired) electrons. The van der Waals surface area contributed by atoms with Gasteiger partial charge in [0.25, 0.3) is 0 Å².